The molecule has 2 unspecified atom stereocenters. The number of benzene rings is 2. The molecule has 3 rings (SSSR count). The van der Waals surface area contributed by atoms with E-state index in [0.29, 0.717) is 11.6 Å². The van der Waals surface area contributed by atoms with Crippen LogP contribution in [0.3, 0.4) is 0 Å². The van der Waals surface area contributed by atoms with E-state index in [9.17, 15) is 4.79 Å². The van der Waals surface area contributed by atoms with Gasteiger partial charge >= 0.3 is 0 Å². The minimum absolute atomic E-state index is 0.0000732. The largest absolute Gasteiger partial charge is 0.496 e. The molecule has 24 heavy (non-hydrogen) atoms. The normalized spacial score (nSPS) is 19.0. The van der Waals surface area contributed by atoms with Crippen LogP contribution in [0.4, 0.5) is 0 Å². The van der Waals surface area contributed by atoms with Crippen LogP contribution in [-0.2, 0) is 11.3 Å². The first-order valence-corrected chi connectivity index (χ1v) is 8.58. The van der Waals surface area contributed by atoms with E-state index in [2.05, 4.69) is 0 Å². The molecule has 3 nitrogen and oxygen atoms in total. The van der Waals surface area contributed by atoms with Gasteiger partial charge in [-0.15, -0.1) is 0 Å². The molecule has 0 saturated heterocycles. The van der Waals surface area contributed by atoms with E-state index in [0.717, 1.165) is 28.3 Å². The Morgan fingerprint density at radius 2 is 2.00 bits per heavy atom. The molecule has 0 bridgehead atoms. The first-order chi connectivity index (χ1) is 11.5. The lowest BCUT2D eigenvalue weighted by atomic mass is 10.1. The summed E-state index contributed by atoms with van der Waals surface area (Å²) < 4.78 is 5.35. The fraction of sp³-hybridized carbons (Fsp3) is 0.316. The second-order valence-electron chi connectivity index (χ2n) is 6.12. The molecule has 0 radical (unpaired) electrons. The molecule has 0 heterocycles. The Morgan fingerprint density at radius 3 is 2.71 bits per heavy atom. The van der Waals surface area contributed by atoms with Gasteiger partial charge in [0.2, 0.25) is 5.91 Å². The van der Waals surface area contributed by atoms with E-state index in [1.807, 2.05) is 43.4 Å². The van der Waals surface area contributed by atoms with E-state index < -0.39 is 0 Å². The predicted octanol–water partition coefficient (Wildman–Crippen LogP) is 4.76. The molecule has 0 spiro atoms. The summed E-state index contributed by atoms with van der Waals surface area (Å²) in [5, 5.41) is 1.36. The van der Waals surface area contributed by atoms with E-state index in [1.165, 1.54) is 0 Å². The van der Waals surface area contributed by atoms with Gasteiger partial charge in [0.25, 0.3) is 0 Å². The molecule has 1 fully saturated rings. The van der Waals surface area contributed by atoms with Crippen LogP contribution in [-0.4, -0.2) is 25.0 Å². The molecule has 1 saturated carbocycles. The number of hydrogen-bond donors (Lipinski definition) is 0. The van der Waals surface area contributed by atoms with Gasteiger partial charge in [-0.2, -0.15) is 0 Å². The molecular weight excluding hydrogens is 345 g/mol. The molecule has 0 N–H and O–H groups in total. The fourth-order valence-corrected chi connectivity index (χ4v) is 3.55. The number of carbonyl (C=O) groups is 1. The summed E-state index contributed by atoms with van der Waals surface area (Å²) in [6.45, 7) is 0.467. The maximum Gasteiger partial charge on any atom is 0.226 e. The standard InChI is InChI=1S/C19H19Cl2NO2/c1-22(11-12-9-13(20)7-8-18(12)24-2)19(23)16-10-15(16)14-5-3-4-6-17(14)21/h3-9,15-16H,10-11H2,1-2H3. The van der Waals surface area contributed by atoms with Gasteiger partial charge in [0.15, 0.2) is 0 Å². The highest BCUT2D eigenvalue weighted by atomic mass is 35.5. The topological polar surface area (TPSA) is 29.5 Å². The smallest absolute Gasteiger partial charge is 0.226 e. The molecule has 126 valence electrons. The second kappa shape index (κ2) is 7.04. The first kappa shape index (κ1) is 17.1. The van der Waals surface area contributed by atoms with Crippen molar-refractivity contribution in [1.29, 1.82) is 0 Å². The van der Waals surface area contributed by atoms with Crippen molar-refractivity contribution in [2.45, 2.75) is 18.9 Å². The Balaban J connectivity index is 1.69. The summed E-state index contributed by atoms with van der Waals surface area (Å²) >= 11 is 12.3. The van der Waals surface area contributed by atoms with Gasteiger partial charge in [0.05, 0.1) is 7.11 Å². The summed E-state index contributed by atoms with van der Waals surface area (Å²) in [6.07, 6.45) is 0.847. The minimum atomic E-state index is 0.0000732. The van der Waals surface area contributed by atoms with Crippen LogP contribution in [0.15, 0.2) is 42.5 Å². The lowest BCUT2D eigenvalue weighted by Crippen LogP contribution is -2.28. The summed E-state index contributed by atoms with van der Waals surface area (Å²) in [5.41, 5.74) is 1.96. The van der Waals surface area contributed by atoms with Gasteiger partial charge in [-0.1, -0.05) is 41.4 Å². The Labute approximate surface area is 152 Å². The Hall–Kier alpha value is -1.71. The average molecular weight is 364 g/mol. The first-order valence-electron chi connectivity index (χ1n) is 7.83. The average Bonchev–Trinajstić information content (AvgIpc) is 3.35. The summed E-state index contributed by atoms with van der Waals surface area (Å²) in [6, 6.07) is 13.2. The van der Waals surface area contributed by atoms with Crippen LogP contribution in [0, 0.1) is 5.92 Å². The zero-order valence-corrected chi connectivity index (χ0v) is 15.1. The Bertz CT molecular complexity index is 763. The lowest BCUT2D eigenvalue weighted by Gasteiger charge is -2.19. The van der Waals surface area contributed by atoms with Gasteiger partial charge in [-0.05, 0) is 42.2 Å². The highest BCUT2D eigenvalue weighted by Crippen LogP contribution is 2.50. The number of ether oxygens (including phenoxy) is 1. The van der Waals surface area contributed by atoms with Crippen LogP contribution in [0.5, 0.6) is 5.75 Å². The van der Waals surface area contributed by atoms with Crippen molar-refractivity contribution in [2.24, 2.45) is 5.92 Å². The van der Waals surface area contributed by atoms with Crippen LogP contribution in [0.25, 0.3) is 0 Å². The van der Waals surface area contributed by atoms with Gasteiger partial charge in [-0.3, -0.25) is 4.79 Å². The monoisotopic (exact) mass is 363 g/mol. The molecule has 1 aliphatic rings. The van der Waals surface area contributed by atoms with Crippen molar-refractivity contribution in [3.05, 3.63) is 63.6 Å². The minimum Gasteiger partial charge on any atom is -0.496 e. The predicted molar refractivity (Wildman–Crippen MR) is 96.8 cm³/mol. The number of carbonyl (C=O) groups excluding carboxylic acids is 1. The number of halogens is 2. The summed E-state index contributed by atoms with van der Waals surface area (Å²) in [4.78, 5) is 14.4. The number of nitrogens with zero attached hydrogens (tertiary/aromatic N) is 1. The highest BCUT2D eigenvalue weighted by molar-refractivity contribution is 6.31. The van der Waals surface area contributed by atoms with Gasteiger partial charge < -0.3 is 9.64 Å². The van der Waals surface area contributed by atoms with Crippen molar-refractivity contribution < 1.29 is 9.53 Å². The molecule has 0 aromatic heterocycles. The molecule has 1 aliphatic carbocycles. The number of amides is 1. The fourth-order valence-electron chi connectivity index (χ4n) is 3.07. The summed E-state index contributed by atoms with van der Waals surface area (Å²) in [7, 11) is 3.42. The van der Waals surface area contributed by atoms with Gasteiger partial charge in [0, 0.05) is 35.1 Å². The van der Waals surface area contributed by atoms with Crippen molar-refractivity contribution in [2.75, 3.05) is 14.2 Å². The quantitative estimate of drug-likeness (QED) is 0.765. The Kier molecular flexibility index (Phi) is 5.02. The van der Waals surface area contributed by atoms with Crippen molar-refractivity contribution in [1.82, 2.24) is 4.90 Å². The van der Waals surface area contributed by atoms with Crippen LogP contribution in [0.1, 0.15) is 23.5 Å². The van der Waals surface area contributed by atoms with Crippen molar-refractivity contribution in [3.8, 4) is 5.75 Å². The maximum absolute atomic E-state index is 12.7. The van der Waals surface area contributed by atoms with Crippen LogP contribution in [0.2, 0.25) is 10.0 Å². The van der Waals surface area contributed by atoms with Crippen molar-refractivity contribution in [3.63, 3.8) is 0 Å². The SMILES string of the molecule is COc1ccc(Cl)cc1CN(C)C(=O)C1CC1c1ccccc1Cl. The summed E-state index contributed by atoms with van der Waals surface area (Å²) in [5.74, 6) is 1.08. The Morgan fingerprint density at radius 1 is 1.25 bits per heavy atom. The molecule has 5 heteroatoms. The third-order valence-corrected chi connectivity index (χ3v) is 5.02. The van der Waals surface area contributed by atoms with Gasteiger partial charge in [0.1, 0.15) is 5.75 Å². The molecular formula is C19H19Cl2NO2. The van der Waals surface area contributed by atoms with Crippen LogP contribution >= 0.6 is 23.2 Å². The third-order valence-electron chi connectivity index (χ3n) is 4.44. The van der Waals surface area contributed by atoms with Crippen LogP contribution < -0.4 is 4.74 Å². The van der Waals surface area contributed by atoms with E-state index >= 15 is 0 Å². The van der Waals surface area contributed by atoms with E-state index in [1.54, 1.807) is 18.1 Å². The number of rotatable bonds is 5. The zero-order chi connectivity index (χ0) is 17.3. The highest BCUT2D eigenvalue weighted by Gasteiger charge is 2.45. The van der Waals surface area contributed by atoms with E-state index in [-0.39, 0.29) is 17.7 Å². The second-order valence-corrected chi connectivity index (χ2v) is 6.96. The zero-order valence-electron chi connectivity index (χ0n) is 13.6. The third kappa shape index (κ3) is 3.52. The molecule has 1 amide bonds. The van der Waals surface area contributed by atoms with E-state index in [4.69, 9.17) is 27.9 Å². The van der Waals surface area contributed by atoms with Gasteiger partial charge in [-0.25, -0.2) is 0 Å². The molecule has 0 aliphatic heterocycles. The molecule has 2 aromatic rings. The number of methoxy groups -OCH3 is 1. The molecule has 2 atom stereocenters. The number of hydrogen-bond acceptors (Lipinski definition) is 2. The molecule has 2 aromatic carbocycles. The van der Waals surface area contributed by atoms with Crippen molar-refractivity contribution >= 4 is 29.1 Å². The maximum atomic E-state index is 12.7. The lowest BCUT2D eigenvalue weighted by molar-refractivity contribution is -0.131.